The second-order valence-corrected chi connectivity index (χ2v) is 9.82. The molecule has 1 fully saturated rings. The number of carbonyl (C=O) groups excluding carboxylic acids is 1. The zero-order valence-corrected chi connectivity index (χ0v) is 20.8. The van der Waals surface area contributed by atoms with Crippen LogP contribution in [-0.4, -0.2) is 51.2 Å². The van der Waals surface area contributed by atoms with Crippen molar-refractivity contribution < 1.29 is 27.5 Å². The van der Waals surface area contributed by atoms with E-state index in [0.717, 1.165) is 41.0 Å². The highest BCUT2D eigenvalue weighted by Gasteiger charge is 2.33. The van der Waals surface area contributed by atoms with Crippen molar-refractivity contribution in [2.24, 2.45) is 5.16 Å². The number of hydrogen-bond donors (Lipinski definition) is 0. The Hall–Kier alpha value is -3.25. The van der Waals surface area contributed by atoms with E-state index in [-0.39, 0.29) is 30.4 Å². The van der Waals surface area contributed by atoms with Gasteiger partial charge in [-0.25, -0.2) is 15.0 Å². The molecule has 1 radical (unpaired) electrons. The van der Waals surface area contributed by atoms with Crippen molar-refractivity contribution in [3.63, 3.8) is 0 Å². The van der Waals surface area contributed by atoms with Crippen LogP contribution in [0.15, 0.2) is 41.1 Å². The first-order chi connectivity index (χ1) is 17.8. The van der Waals surface area contributed by atoms with Gasteiger partial charge >= 0.3 is 6.18 Å². The van der Waals surface area contributed by atoms with Crippen LogP contribution in [0.1, 0.15) is 53.2 Å². The Morgan fingerprint density at radius 3 is 2.78 bits per heavy atom. The zero-order valence-electron chi connectivity index (χ0n) is 19.2. The summed E-state index contributed by atoms with van der Waals surface area (Å²) in [5.41, 5.74) is 1.19. The number of aromatic nitrogens is 3. The van der Waals surface area contributed by atoms with Crippen LogP contribution in [0.2, 0.25) is 5.02 Å². The van der Waals surface area contributed by atoms with Crippen LogP contribution in [0.25, 0.3) is 0 Å². The predicted octanol–water partition coefficient (Wildman–Crippen LogP) is 5.06. The lowest BCUT2D eigenvalue weighted by atomic mass is 9.97. The Morgan fingerprint density at radius 2 is 2.08 bits per heavy atom. The summed E-state index contributed by atoms with van der Waals surface area (Å²) < 4.78 is 43.0. The molecular weight excluding hydrogens is 531 g/mol. The topological polar surface area (TPSA) is 89.8 Å². The van der Waals surface area contributed by atoms with E-state index in [0.29, 0.717) is 30.7 Å². The maximum atomic E-state index is 12.6. The lowest BCUT2D eigenvalue weighted by Gasteiger charge is -2.31. The van der Waals surface area contributed by atoms with Gasteiger partial charge in [-0.05, 0) is 25.0 Å². The van der Waals surface area contributed by atoms with Gasteiger partial charge in [0.1, 0.15) is 5.71 Å². The second kappa shape index (κ2) is 10.6. The highest BCUT2D eigenvalue weighted by atomic mass is 35.5. The number of carbonyl (C=O) groups is 1. The lowest BCUT2D eigenvalue weighted by Crippen LogP contribution is -2.40. The summed E-state index contributed by atoms with van der Waals surface area (Å²) in [6, 6.07) is 8.51. The van der Waals surface area contributed by atoms with E-state index >= 15 is 0 Å². The largest absolute Gasteiger partial charge is 0.466 e. The van der Waals surface area contributed by atoms with Crippen molar-refractivity contribution in [2.75, 3.05) is 19.7 Å². The number of rotatable bonds is 6. The van der Waals surface area contributed by atoms with Crippen molar-refractivity contribution in [3.8, 4) is 5.88 Å². The van der Waals surface area contributed by atoms with Gasteiger partial charge < -0.3 is 14.5 Å². The summed E-state index contributed by atoms with van der Waals surface area (Å²) in [6.07, 6.45) is -1.42. The van der Waals surface area contributed by atoms with E-state index in [1.54, 1.807) is 28.4 Å². The number of amides is 1. The summed E-state index contributed by atoms with van der Waals surface area (Å²) in [7, 11) is 0. The number of halogens is 4. The predicted molar refractivity (Wildman–Crippen MR) is 128 cm³/mol. The summed E-state index contributed by atoms with van der Waals surface area (Å²) in [5, 5.41) is 7.74. The minimum atomic E-state index is -4.58. The zero-order chi connectivity index (χ0) is 26.0. The first-order valence-corrected chi connectivity index (χ1v) is 12.7. The van der Waals surface area contributed by atoms with Gasteiger partial charge in [0, 0.05) is 41.4 Å². The first kappa shape index (κ1) is 25.4. The molecule has 0 aliphatic carbocycles. The molecule has 1 amide bonds. The Bertz CT molecular complexity index is 1290. The van der Waals surface area contributed by atoms with Crippen LogP contribution in [-0.2, 0) is 15.8 Å². The number of thiazole rings is 1. The molecule has 0 bridgehead atoms. The quantitative estimate of drug-likeness (QED) is 0.426. The molecule has 4 heterocycles. The average Bonchev–Trinajstić information content (AvgIpc) is 3.58. The summed E-state index contributed by atoms with van der Waals surface area (Å²) in [5.74, 6) is -0.194. The van der Waals surface area contributed by atoms with Gasteiger partial charge in [-0.15, -0.1) is 11.3 Å². The molecule has 2 aliphatic heterocycles. The highest BCUT2D eigenvalue weighted by Crippen LogP contribution is 2.35. The number of ether oxygens (including phenoxy) is 1. The smallest absolute Gasteiger partial charge is 0.434 e. The Labute approximate surface area is 219 Å². The molecule has 1 atom stereocenters. The monoisotopic (exact) mass is 550 g/mol. The van der Waals surface area contributed by atoms with Crippen LogP contribution >= 0.6 is 22.9 Å². The first-order valence-electron chi connectivity index (χ1n) is 11.4. The van der Waals surface area contributed by atoms with E-state index < -0.39 is 11.9 Å². The van der Waals surface area contributed by atoms with Crippen molar-refractivity contribution in [2.45, 2.75) is 37.5 Å². The molecule has 193 valence electrons. The number of piperidine rings is 1. The Balaban J connectivity index is 1.10. The SMILES string of the molecule is O=C(COc1cnc(C(F)(F)F)cn1)N1CCC(c2nc(C3=NOC(c4[c]cccc4Cl)C3)cs2)CC1. The van der Waals surface area contributed by atoms with Crippen LogP contribution < -0.4 is 4.74 Å². The second-order valence-electron chi connectivity index (χ2n) is 8.52. The van der Waals surface area contributed by atoms with Crippen LogP contribution in [0.4, 0.5) is 13.2 Å². The van der Waals surface area contributed by atoms with Gasteiger partial charge in [0.2, 0.25) is 5.88 Å². The third-order valence-corrected chi connectivity index (χ3v) is 7.44. The van der Waals surface area contributed by atoms with Crippen LogP contribution in [0.5, 0.6) is 5.88 Å². The molecule has 0 saturated carbocycles. The fourth-order valence-corrected chi connectivity index (χ4v) is 5.36. The minimum Gasteiger partial charge on any atom is -0.466 e. The van der Waals surface area contributed by atoms with E-state index in [9.17, 15) is 18.0 Å². The number of nitrogens with zero attached hydrogens (tertiary/aromatic N) is 5. The number of alkyl halides is 3. The number of oxime groups is 1. The normalized spacial score (nSPS) is 18.4. The third-order valence-electron chi connectivity index (χ3n) is 6.10. The number of likely N-dealkylation sites (tertiary alicyclic amines) is 1. The van der Waals surface area contributed by atoms with Gasteiger partial charge in [0.05, 0.1) is 23.1 Å². The van der Waals surface area contributed by atoms with E-state index in [2.05, 4.69) is 21.2 Å². The summed E-state index contributed by atoms with van der Waals surface area (Å²) >= 11 is 7.81. The lowest BCUT2D eigenvalue weighted by molar-refractivity contribution is -0.141. The van der Waals surface area contributed by atoms with Gasteiger partial charge in [0.25, 0.3) is 5.91 Å². The Kier molecular flexibility index (Phi) is 7.29. The molecule has 1 saturated heterocycles. The maximum absolute atomic E-state index is 12.6. The highest BCUT2D eigenvalue weighted by molar-refractivity contribution is 7.10. The molecule has 1 unspecified atom stereocenters. The maximum Gasteiger partial charge on any atom is 0.434 e. The van der Waals surface area contributed by atoms with E-state index in [4.69, 9.17) is 26.2 Å². The van der Waals surface area contributed by atoms with Crippen LogP contribution in [0.3, 0.4) is 0 Å². The molecule has 5 rings (SSSR count). The van der Waals surface area contributed by atoms with Gasteiger partial charge in [-0.2, -0.15) is 13.2 Å². The molecule has 2 aliphatic rings. The summed E-state index contributed by atoms with van der Waals surface area (Å²) in [6.45, 7) is 0.722. The fraction of sp³-hybridized carbons (Fsp3) is 0.375. The molecule has 0 spiro atoms. The minimum absolute atomic E-state index is 0.139. The van der Waals surface area contributed by atoms with Crippen molar-refractivity contribution in [1.82, 2.24) is 19.9 Å². The molecule has 2 aromatic heterocycles. The van der Waals surface area contributed by atoms with Gasteiger partial charge in [-0.1, -0.05) is 28.9 Å². The molecule has 13 heteroatoms. The number of benzene rings is 1. The van der Waals surface area contributed by atoms with Gasteiger partial charge in [-0.3, -0.25) is 4.79 Å². The number of hydrogen-bond acceptors (Lipinski definition) is 8. The van der Waals surface area contributed by atoms with Crippen LogP contribution in [0, 0.1) is 6.07 Å². The fourth-order valence-electron chi connectivity index (χ4n) is 4.11. The average molecular weight is 551 g/mol. The molecule has 3 aromatic rings. The standard InChI is InChI=1S/C24H20ClF3N5O3S/c25-16-4-2-1-3-15(16)19-9-17(32-36-19)18-13-37-23(31-18)14-5-7-33(8-6-14)22(34)12-35-21-11-29-20(10-30-21)24(26,27)28/h1-2,4,10-11,13-14,19H,5-9,12H2. The third kappa shape index (κ3) is 5.85. The molecule has 37 heavy (non-hydrogen) atoms. The van der Waals surface area contributed by atoms with Crippen molar-refractivity contribution in [3.05, 3.63) is 69.0 Å². The van der Waals surface area contributed by atoms with E-state index in [1.165, 1.54) is 0 Å². The Morgan fingerprint density at radius 1 is 1.27 bits per heavy atom. The van der Waals surface area contributed by atoms with Crippen molar-refractivity contribution >= 4 is 34.6 Å². The summed E-state index contributed by atoms with van der Waals surface area (Å²) in [4.78, 5) is 31.4. The molecule has 1 aromatic carbocycles. The van der Waals surface area contributed by atoms with Crippen molar-refractivity contribution in [1.29, 1.82) is 0 Å². The molecule has 0 N–H and O–H groups in total. The van der Waals surface area contributed by atoms with E-state index in [1.807, 2.05) is 11.4 Å². The molecular formula is C24H20ClF3N5O3S. The molecule has 8 nitrogen and oxygen atoms in total. The van der Waals surface area contributed by atoms with Gasteiger partial charge in [0.15, 0.2) is 18.4 Å².